The minimum Gasteiger partial charge on any atom is -0.747 e. The predicted octanol–water partition coefficient (Wildman–Crippen LogP) is -1.93. The average molecular weight is 358 g/mol. The van der Waals surface area contributed by atoms with E-state index in [1.54, 1.807) is 13.8 Å². The molecule has 9 heteroatoms. The van der Waals surface area contributed by atoms with Crippen molar-refractivity contribution in [3.05, 3.63) is 0 Å². The summed E-state index contributed by atoms with van der Waals surface area (Å²) in [6.07, 6.45) is 0.139. The Balaban J connectivity index is 0. The molecule has 0 amide bonds. The molecule has 0 aromatic carbocycles. The molecule has 0 aliphatic carbocycles. The molecule has 0 aliphatic heterocycles. The van der Waals surface area contributed by atoms with Gasteiger partial charge in [0.05, 0.1) is 6.61 Å². The van der Waals surface area contributed by atoms with Crippen LogP contribution in [0.4, 0.5) is 0 Å². The number of esters is 1. The summed E-state index contributed by atoms with van der Waals surface area (Å²) in [4.78, 5) is 35.2. The first-order chi connectivity index (χ1) is 10.0. The molecule has 0 fully saturated rings. The molecule has 0 aliphatic rings. The van der Waals surface area contributed by atoms with Gasteiger partial charge in [0.25, 0.3) is 0 Å². The van der Waals surface area contributed by atoms with Crippen LogP contribution in [0.15, 0.2) is 0 Å². The maximum atomic E-state index is 11.7. The van der Waals surface area contributed by atoms with Crippen molar-refractivity contribution in [2.75, 3.05) is 6.61 Å². The van der Waals surface area contributed by atoms with Gasteiger partial charge in [-0.1, -0.05) is 34.1 Å². The summed E-state index contributed by atoms with van der Waals surface area (Å²) in [7, 11) is -5.08. The van der Waals surface area contributed by atoms with Crippen LogP contribution < -0.4 is 29.6 Å². The fourth-order valence-electron chi connectivity index (χ4n) is 1.47. The van der Waals surface area contributed by atoms with E-state index in [0.29, 0.717) is 12.8 Å². The second-order valence-corrected chi connectivity index (χ2v) is 6.98. The molecule has 0 saturated carbocycles. The number of rotatable bonds is 10. The van der Waals surface area contributed by atoms with Crippen LogP contribution in [-0.4, -0.2) is 42.4 Å². The average Bonchev–Trinajstić information content (AvgIpc) is 2.46. The van der Waals surface area contributed by atoms with Gasteiger partial charge in [-0.3, -0.25) is 14.4 Å². The topological polar surface area (TPSA) is 118 Å². The van der Waals surface area contributed by atoms with E-state index in [1.807, 2.05) is 6.92 Å². The van der Waals surface area contributed by atoms with Gasteiger partial charge in [0, 0.05) is 12.3 Å². The number of hydrogen-bond acceptors (Lipinski definition) is 7. The molecule has 128 valence electrons. The van der Waals surface area contributed by atoms with E-state index in [9.17, 15) is 27.4 Å². The quantitative estimate of drug-likeness (QED) is 0.193. The van der Waals surface area contributed by atoms with Gasteiger partial charge in [0.2, 0.25) is 11.6 Å². The maximum absolute atomic E-state index is 11.7. The summed E-state index contributed by atoms with van der Waals surface area (Å²) in [6, 6.07) is 0. The first kappa shape index (κ1) is 25.0. The van der Waals surface area contributed by atoms with Crippen LogP contribution in [0.2, 0.25) is 0 Å². The van der Waals surface area contributed by atoms with Crippen LogP contribution in [0.25, 0.3) is 0 Å². The SMILES string of the molecule is CCC(C)COC(=O)C(CC(=O)C(=O)C(C)CC)S(=O)(=O)[O-].[Na+]. The molecule has 0 rings (SSSR count). The van der Waals surface area contributed by atoms with E-state index in [4.69, 9.17) is 4.74 Å². The first-order valence-corrected chi connectivity index (χ1v) is 8.70. The summed E-state index contributed by atoms with van der Waals surface area (Å²) in [6.45, 7) is 6.80. The number of ketones is 2. The number of carbonyl (C=O) groups excluding carboxylic acids is 3. The van der Waals surface area contributed by atoms with Crippen LogP contribution in [0.1, 0.15) is 47.0 Å². The van der Waals surface area contributed by atoms with E-state index >= 15 is 0 Å². The van der Waals surface area contributed by atoms with Gasteiger partial charge >= 0.3 is 35.5 Å². The molecule has 0 N–H and O–H groups in total. The van der Waals surface area contributed by atoms with E-state index in [2.05, 4.69) is 0 Å². The standard InChI is InChI=1S/C14H24O7S.Na/c1-5-9(3)8-21-14(17)12(22(18,19)20)7-11(15)13(16)10(4)6-2;/h9-10,12H,5-8H2,1-4H3,(H,18,19,20);/q;+1/p-1. The largest absolute Gasteiger partial charge is 1.00 e. The van der Waals surface area contributed by atoms with Gasteiger partial charge in [-0.05, 0) is 12.3 Å². The summed E-state index contributed by atoms with van der Waals surface area (Å²) >= 11 is 0. The Morgan fingerprint density at radius 3 is 2.00 bits per heavy atom. The number of ether oxygens (including phenoxy) is 1. The molecule has 3 unspecified atom stereocenters. The van der Waals surface area contributed by atoms with Gasteiger partial charge < -0.3 is 9.29 Å². The monoisotopic (exact) mass is 358 g/mol. The van der Waals surface area contributed by atoms with E-state index in [1.165, 1.54) is 6.92 Å². The molecule has 0 heterocycles. The molecular weight excluding hydrogens is 335 g/mol. The number of carbonyl (C=O) groups is 3. The predicted molar refractivity (Wildman–Crippen MR) is 78.0 cm³/mol. The van der Waals surface area contributed by atoms with Crippen LogP contribution in [0, 0.1) is 11.8 Å². The molecule has 0 aromatic rings. The normalized spacial score (nSPS) is 15.0. The van der Waals surface area contributed by atoms with Gasteiger partial charge in [0.1, 0.15) is 10.1 Å². The van der Waals surface area contributed by atoms with Crippen molar-refractivity contribution in [2.24, 2.45) is 11.8 Å². The fourth-order valence-corrected chi connectivity index (χ4v) is 2.13. The molecular formula is C14H23NaO7S. The Morgan fingerprint density at radius 1 is 1.09 bits per heavy atom. The second kappa shape index (κ2) is 11.3. The van der Waals surface area contributed by atoms with Crippen LogP contribution in [0.5, 0.6) is 0 Å². The van der Waals surface area contributed by atoms with E-state index in [0.717, 1.165) is 0 Å². The molecule has 0 saturated heterocycles. The minimum atomic E-state index is -5.08. The van der Waals surface area contributed by atoms with Crippen molar-refractivity contribution in [3.8, 4) is 0 Å². The Labute approximate surface area is 159 Å². The van der Waals surface area contributed by atoms with Gasteiger partial charge in [-0.25, -0.2) is 8.42 Å². The summed E-state index contributed by atoms with van der Waals surface area (Å²) < 4.78 is 38.3. The molecule has 0 bridgehead atoms. The second-order valence-electron chi connectivity index (χ2n) is 5.43. The third kappa shape index (κ3) is 8.95. The molecule has 0 spiro atoms. The Bertz CT molecular complexity index is 515. The number of hydrogen-bond donors (Lipinski definition) is 0. The van der Waals surface area contributed by atoms with Gasteiger partial charge in [-0.15, -0.1) is 0 Å². The molecule has 3 atom stereocenters. The van der Waals surface area contributed by atoms with Crippen molar-refractivity contribution in [3.63, 3.8) is 0 Å². The van der Waals surface area contributed by atoms with E-state index in [-0.39, 0.29) is 42.1 Å². The first-order valence-electron chi connectivity index (χ1n) is 7.22. The van der Waals surface area contributed by atoms with E-state index < -0.39 is 45.2 Å². The number of Topliss-reactive ketones (excluding diaryl/α,β-unsaturated/α-hetero) is 2. The van der Waals surface area contributed by atoms with Crippen molar-refractivity contribution in [1.82, 2.24) is 0 Å². The third-order valence-corrected chi connectivity index (χ3v) is 4.58. The van der Waals surface area contributed by atoms with Crippen LogP contribution in [-0.2, 0) is 29.2 Å². The molecule has 23 heavy (non-hydrogen) atoms. The van der Waals surface area contributed by atoms with Gasteiger partial charge in [0.15, 0.2) is 5.25 Å². The van der Waals surface area contributed by atoms with Crippen molar-refractivity contribution in [1.29, 1.82) is 0 Å². The van der Waals surface area contributed by atoms with Crippen molar-refractivity contribution >= 4 is 27.7 Å². The van der Waals surface area contributed by atoms with Crippen molar-refractivity contribution < 1.29 is 61.6 Å². The maximum Gasteiger partial charge on any atom is 1.00 e. The molecule has 7 nitrogen and oxygen atoms in total. The van der Waals surface area contributed by atoms with Crippen LogP contribution >= 0.6 is 0 Å². The van der Waals surface area contributed by atoms with Crippen molar-refractivity contribution in [2.45, 2.75) is 52.2 Å². The fraction of sp³-hybridized carbons (Fsp3) is 0.786. The smallest absolute Gasteiger partial charge is 0.747 e. The Hall–Kier alpha value is -0.280. The zero-order valence-electron chi connectivity index (χ0n) is 14.3. The Morgan fingerprint density at radius 2 is 1.61 bits per heavy atom. The summed E-state index contributed by atoms with van der Waals surface area (Å²) in [5.41, 5.74) is 0. The summed E-state index contributed by atoms with van der Waals surface area (Å²) in [5, 5.41) is -2.17. The van der Waals surface area contributed by atoms with Gasteiger partial charge in [-0.2, -0.15) is 0 Å². The third-order valence-electron chi connectivity index (χ3n) is 3.52. The van der Waals surface area contributed by atoms with Crippen LogP contribution in [0.3, 0.4) is 0 Å². The molecule has 0 aromatic heterocycles. The Kier molecular flexibility index (Phi) is 12.3. The summed E-state index contributed by atoms with van der Waals surface area (Å²) in [5.74, 6) is -3.69. The zero-order valence-corrected chi connectivity index (χ0v) is 17.1. The zero-order chi connectivity index (χ0) is 17.5. The minimum absolute atomic E-state index is 0. The molecule has 0 radical (unpaired) electrons.